The minimum atomic E-state index is 0.680. The number of carbonyl (C=O) groups is 1. The molecule has 0 fully saturated rings. The van der Waals surface area contributed by atoms with Crippen molar-refractivity contribution in [2.24, 2.45) is 0 Å². The molecule has 1 rings (SSSR count). The van der Waals surface area contributed by atoms with Crippen LogP contribution in [-0.4, -0.2) is 30.3 Å². The van der Waals surface area contributed by atoms with Gasteiger partial charge < -0.3 is 4.90 Å². The van der Waals surface area contributed by atoms with Crippen molar-refractivity contribution in [1.29, 1.82) is 0 Å². The van der Waals surface area contributed by atoms with Crippen molar-refractivity contribution in [2.45, 2.75) is 13.5 Å². The van der Waals surface area contributed by atoms with E-state index in [1.807, 2.05) is 38.2 Å². The fraction of sp³-hybridized carbons (Fsp3) is 0.400. The summed E-state index contributed by atoms with van der Waals surface area (Å²) in [4.78, 5) is 16.8. The Balaban J connectivity index is 2.92. The highest BCUT2D eigenvalue weighted by atomic mass is 16.1. The van der Waals surface area contributed by atoms with E-state index in [2.05, 4.69) is 4.98 Å². The number of hydrogen-bond donors (Lipinski definition) is 0. The van der Waals surface area contributed by atoms with E-state index in [9.17, 15) is 4.79 Å². The predicted molar refractivity (Wildman–Crippen MR) is 51.8 cm³/mol. The van der Waals surface area contributed by atoms with Gasteiger partial charge in [-0.1, -0.05) is 0 Å². The van der Waals surface area contributed by atoms with Crippen LogP contribution in [0.1, 0.15) is 21.6 Å². The number of nitrogens with zero attached hydrogens (tertiary/aromatic N) is 2. The first-order chi connectivity index (χ1) is 6.13. The fourth-order valence-corrected chi connectivity index (χ4v) is 1.17. The van der Waals surface area contributed by atoms with Gasteiger partial charge in [0.15, 0.2) is 6.29 Å². The third-order valence-electron chi connectivity index (χ3n) is 1.81. The van der Waals surface area contributed by atoms with Gasteiger partial charge >= 0.3 is 0 Å². The van der Waals surface area contributed by atoms with Gasteiger partial charge in [-0.3, -0.25) is 9.78 Å². The Bertz CT molecular complexity index is 308. The lowest BCUT2D eigenvalue weighted by Gasteiger charge is -2.09. The maximum Gasteiger partial charge on any atom is 0.151 e. The van der Waals surface area contributed by atoms with Crippen LogP contribution in [0.25, 0.3) is 0 Å². The van der Waals surface area contributed by atoms with Gasteiger partial charge in [-0.2, -0.15) is 0 Å². The molecule has 3 nitrogen and oxygen atoms in total. The molecule has 0 N–H and O–H groups in total. The summed E-state index contributed by atoms with van der Waals surface area (Å²) in [6, 6.07) is 1.88. The first-order valence-electron chi connectivity index (χ1n) is 4.19. The smallest absolute Gasteiger partial charge is 0.151 e. The fourth-order valence-electron chi connectivity index (χ4n) is 1.17. The standard InChI is InChI=1S/C10H14N2O/c1-8-10(7-13)4-9(5-11-8)6-12(2)3/h4-5,7H,6H2,1-3H3. The summed E-state index contributed by atoms with van der Waals surface area (Å²) in [5.74, 6) is 0. The maximum absolute atomic E-state index is 10.6. The third-order valence-corrected chi connectivity index (χ3v) is 1.81. The van der Waals surface area contributed by atoms with Gasteiger partial charge in [-0.05, 0) is 32.6 Å². The number of aryl methyl sites for hydroxylation is 1. The molecule has 70 valence electrons. The summed E-state index contributed by atoms with van der Waals surface area (Å²) in [6.45, 7) is 2.65. The molecule has 0 aliphatic rings. The SMILES string of the molecule is Cc1ncc(CN(C)C)cc1C=O. The van der Waals surface area contributed by atoms with Gasteiger partial charge in [0.1, 0.15) is 0 Å². The molecule has 0 aliphatic carbocycles. The second kappa shape index (κ2) is 4.14. The van der Waals surface area contributed by atoms with Crippen LogP contribution in [-0.2, 0) is 6.54 Å². The molecule has 0 aliphatic heterocycles. The second-order valence-corrected chi connectivity index (χ2v) is 3.37. The van der Waals surface area contributed by atoms with E-state index in [-0.39, 0.29) is 0 Å². The molecule has 0 saturated heterocycles. The normalized spacial score (nSPS) is 10.5. The molecule has 0 amide bonds. The Morgan fingerprint density at radius 3 is 2.77 bits per heavy atom. The van der Waals surface area contributed by atoms with E-state index in [1.165, 1.54) is 0 Å². The molecule has 0 unspecified atom stereocenters. The highest BCUT2D eigenvalue weighted by Gasteiger charge is 2.01. The number of carbonyl (C=O) groups excluding carboxylic acids is 1. The van der Waals surface area contributed by atoms with Crippen LogP contribution in [0.5, 0.6) is 0 Å². The maximum atomic E-state index is 10.6. The Hall–Kier alpha value is -1.22. The monoisotopic (exact) mass is 178 g/mol. The van der Waals surface area contributed by atoms with Crippen LogP contribution in [0.2, 0.25) is 0 Å². The van der Waals surface area contributed by atoms with Crippen molar-refractivity contribution in [2.75, 3.05) is 14.1 Å². The van der Waals surface area contributed by atoms with Crippen LogP contribution in [0.3, 0.4) is 0 Å². The summed E-state index contributed by atoms with van der Waals surface area (Å²) in [7, 11) is 3.97. The summed E-state index contributed by atoms with van der Waals surface area (Å²) in [6.07, 6.45) is 2.66. The zero-order valence-corrected chi connectivity index (χ0v) is 8.24. The van der Waals surface area contributed by atoms with Crippen molar-refractivity contribution >= 4 is 6.29 Å². The molecule has 3 heteroatoms. The minimum Gasteiger partial charge on any atom is -0.305 e. The average molecular weight is 178 g/mol. The molecular formula is C10H14N2O. The highest BCUT2D eigenvalue weighted by Crippen LogP contribution is 2.06. The van der Waals surface area contributed by atoms with E-state index in [1.54, 1.807) is 0 Å². The van der Waals surface area contributed by atoms with Gasteiger partial charge in [0.25, 0.3) is 0 Å². The molecule has 13 heavy (non-hydrogen) atoms. The molecule has 0 saturated carbocycles. The Morgan fingerprint density at radius 1 is 1.54 bits per heavy atom. The molecule has 0 atom stereocenters. The lowest BCUT2D eigenvalue weighted by Crippen LogP contribution is -2.11. The predicted octanol–water partition coefficient (Wildman–Crippen LogP) is 1.26. The summed E-state index contributed by atoms with van der Waals surface area (Å²) in [5, 5.41) is 0. The topological polar surface area (TPSA) is 33.2 Å². The van der Waals surface area contributed by atoms with Crippen LogP contribution in [0.15, 0.2) is 12.3 Å². The summed E-state index contributed by atoms with van der Waals surface area (Å²) in [5.41, 5.74) is 2.54. The second-order valence-electron chi connectivity index (χ2n) is 3.37. The average Bonchev–Trinajstić information content (AvgIpc) is 2.07. The molecule has 1 aromatic heterocycles. The van der Waals surface area contributed by atoms with Crippen molar-refractivity contribution in [3.05, 3.63) is 29.1 Å². The van der Waals surface area contributed by atoms with Gasteiger partial charge in [-0.15, -0.1) is 0 Å². The number of aldehydes is 1. The quantitative estimate of drug-likeness (QED) is 0.653. The van der Waals surface area contributed by atoms with Crippen LogP contribution in [0.4, 0.5) is 0 Å². The first kappa shape index (κ1) is 9.86. The van der Waals surface area contributed by atoms with E-state index < -0.39 is 0 Å². The Labute approximate surface area is 78.4 Å². The number of aromatic nitrogens is 1. The van der Waals surface area contributed by atoms with Crippen molar-refractivity contribution in [3.63, 3.8) is 0 Å². The highest BCUT2D eigenvalue weighted by molar-refractivity contribution is 5.76. The Kier molecular flexibility index (Phi) is 3.14. The van der Waals surface area contributed by atoms with Crippen LogP contribution in [0, 0.1) is 6.92 Å². The van der Waals surface area contributed by atoms with Crippen molar-refractivity contribution < 1.29 is 4.79 Å². The molecule has 0 bridgehead atoms. The van der Waals surface area contributed by atoms with Gasteiger partial charge in [0, 0.05) is 24.0 Å². The molecular weight excluding hydrogens is 164 g/mol. The largest absolute Gasteiger partial charge is 0.305 e. The van der Waals surface area contributed by atoms with Crippen LogP contribution < -0.4 is 0 Å². The lowest BCUT2D eigenvalue weighted by atomic mass is 10.1. The van der Waals surface area contributed by atoms with Gasteiger partial charge in [0.05, 0.1) is 0 Å². The molecule has 0 spiro atoms. The summed E-state index contributed by atoms with van der Waals surface area (Å²) < 4.78 is 0. The van der Waals surface area contributed by atoms with Crippen LogP contribution >= 0.6 is 0 Å². The minimum absolute atomic E-state index is 0.680. The number of hydrogen-bond acceptors (Lipinski definition) is 3. The zero-order valence-electron chi connectivity index (χ0n) is 8.24. The van der Waals surface area contributed by atoms with E-state index in [4.69, 9.17) is 0 Å². The van der Waals surface area contributed by atoms with Crippen molar-refractivity contribution in [3.8, 4) is 0 Å². The lowest BCUT2D eigenvalue weighted by molar-refractivity contribution is 0.112. The summed E-state index contributed by atoms with van der Waals surface area (Å²) >= 11 is 0. The van der Waals surface area contributed by atoms with E-state index in [0.717, 1.165) is 24.1 Å². The first-order valence-corrected chi connectivity index (χ1v) is 4.19. The third kappa shape index (κ3) is 2.63. The Morgan fingerprint density at radius 2 is 2.23 bits per heavy atom. The number of rotatable bonds is 3. The van der Waals surface area contributed by atoms with Crippen molar-refractivity contribution in [1.82, 2.24) is 9.88 Å². The van der Waals surface area contributed by atoms with Gasteiger partial charge in [0.2, 0.25) is 0 Å². The van der Waals surface area contributed by atoms with Gasteiger partial charge in [-0.25, -0.2) is 0 Å². The molecule has 1 aromatic rings. The zero-order chi connectivity index (χ0) is 9.84. The van der Waals surface area contributed by atoms with E-state index in [0.29, 0.717) is 5.56 Å². The number of pyridine rings is 1. The molecule has 0 radical (unpaired) electrons. The molecule has 1 heterocycles. The molecule has 0 aromatic carbocycles. The van der Waals surface area contributed by atoms with E-state index >= 15 is 0 Å².